The van der Waals surface area contributed by atoms with Gasteiger partial charge in [-0.15, -0.1) is 6.58 Å². The number of pyridine rings is 1. The average molecular weight is 205 g/mol. The van der Waals surface area contributed by atoms with E-state index in [1.807, 2.05) is 25.4 Å². The second-order valence-corrected chi connectivity index (χ2v) is 3.73. The normalized spacial score (nSPS) is 12.4. The van der Waals surface area contributed by atoms with E-state index in [9.17, 15) is 0 Å². The molecule has 0 bridgehead atoms. The second kappa shape index (κ2) is 6.32. The summed E-state index contributed by atoms with van der Waals surface area (Å²) in [7, 11) is 0. The van der Waals surface area contributed by atoms with Gasteiger partial charge in [0.25, 0.3) is 0 Å². The van der Waals surface area contributed by atoms with Crippen LogP contribution in [-0.2, 0) is 0 Å². The molecule has 1 aromatic heterocycles. The highest BCUT2D eigenvalue weighted by atomic mass is 15.2. The van der Waals surface area contributed by atoms with Crippen LogP contribution in [0.25, 0.3) is 0 Å². The van der Waals surface area contributed by atoms with Crippen LogP contribution in [0.5, 0.6) is 0 Å². The zero-order chi connectivity index (χ0) is 11.1. The lowest BCUT2D eigenvalue weighted by Gasteiger charge is -2.15. The molecule has 3 nitrogen and oxygen atoms in total. The summed E-state index contributed by atoms with van der Waals surface area (Å²) in [5, 5.41) is 0. The molecule has 0 aromatic carbocycles. The Morgan fingerprint density at radius 2 is 2.40 bits per heavy atom. The summed E-state index contributed by atoms with van der Waals surface area (Å²) in [6.07, 6.45) is 8.77. The number of allylic oxidation sites excluding steroid dienone is 1. The summed E-state index contributed by atoms with van der Waals surface area (Å²) in [5.41, 5.74) is 5.15. The molecule has 3 N–H and O–H groups in total. The maximum atomic E-state index is 5.53. The highest BCUT2D eigenvalue weighted by Gasteiger charge is 2.08. The number of unbranched alkanes of at least 4 members (excludes halogenated alkanes) is 1. The molecule has 0 spiro atoms. The number of aryl methyl sites for hydroxylation is 1. The van der Waals surface area contributed by atoms with E-state index in [1.54, 1.807) is 0 Å². The highest BCUT2D eigenvalue weighted by molar-refractivity contribution is 5.19. The zero-order valence-electron chi connectivity index (χ0n) is 9.24. The molecule has 0 saturated heterocycles. The molecule has 0 aliphatic heterocycles. The van der Waals surface area contributed by atoms with Gasteiger partial charge in [-0.1, -0.05) is 12.1 Å². The first-order valence-electron chi connectivity index (χ1n) is 5.26. The maximum Gasteiger partial charge on any atom is 0.0475 e. The third-order valence-corrected chi connectivity index (χ3v) is 2.40. The minimum atomic E-state index is 0.192. The summed E-state index contributed by atoms with van der Waals surface area (Å²) in [5.74, 6) is 5.53. The summed E-state index contributed by atoms with van der Waals surface area (Å²) in [6.45, 7) is 5.74. The van der Waals surface area contributed by atoms with Crippen LogP contribution in [0, 0.1) is 6.92 Å². The average Bonchev–Trinajstić information content (AvgIpc) is 2.24. The van der Waals surface area contributed by atoms with Gasteiger partial charge in [-0.05, 0) is 37.3 Å². The first kappa shape index (κ1) is 11.9. The van der Waals surface area contributed by atoms with E-state index in [4.69, 9.17) is 5.84 Å². The van der Waals surface area contributed by atoms with Gasteiger partial charge in [0.05, 0.1) is 0 Å². The summed E-state index contributed by atoms with van der Waals surface area (Å²) >= 11 is 0. The van der Waals surface area contributed by atoms with Crippen LogP contribution in [0.4, 0.5) is 0 Å². The van der Waals surface area contributed by atoms with Crippen LogP contribution in [0.15, 0.2) is 31.1 Å². The Labute approximate surface area is 91.4 Å². The Kier molecular flexibility index (Phi) is 5.01. The van der Waals surface area contributed by atoms with Crippen molar-refractivity contribution < 1.29 is 0 Å². The van der Waals surface area contributed by atoms with Crippen molar-refractivity contribution in [1.82, 2.24) is 10.4 Å². The molecule has 1 unspecified atom stereocenters. The van der Waals surface area contributed by atoms with Gasteiger partial charge >= 0.3 is 0 Å². The number of nitrogens with one attached hydrogen (secondary N) is 1. The first-order chi connectivity index (χ1) is 7.27. The van der Waals surface area contributed by atoms with Gasteiger partial charge in [-0.3, -0.25) is 16.3 Å². The van der Waals surface area contributed by atoms with Crippen LogP contribution < -0.4 is 11.3 Å². The van der Waals surface area contributed by atoms with Gasteiger partial charge < -0.3 is 0 Å². The standard InChI is InChI=1S/C12H19N3/c1-3-4-5-6-12(15-13)11-7-10(2)8-14-9-11/h3,7-9,12,15H,1,4-6,13H2,2H3. The van der Waals surface area contributed by atoms with Crippen molar-refractivity contribution in [3.05, 3.63) is 42.2 Å². The Morgan fingerprint density at radius 3 is 3.00 bits per heavy atom. The van der Waals surface area contributed by atoms with Crippen molar-refractivity contribution in [3.63, 3.8) is 0 Å². The molecule has 82 valence electrons. The molecule has 1 aromatic rings. The minimum absolute atomic E-state index is 0.192. The fourth-order valence-electron chi connectivity index (χ4n) is 1.58. The van der Waals surface area contributed by atoms with Crippen molar-refractivity contribution in [1.29, 1.82) is 0 Å². The Bertz CT molecular complexity index is 309. The zero-order valence-corrected chi connectivity index (χ0v) is 9.24. The monoisotopic (exact) mass is 205 g/mol. The van der Waals surface area contributed by atoms with Crippen LogP contribution in [0.3, 0.4) is 0 Å². The Balaban J connectivity index is 2.61. The molecule has 0 amide bonds. The molecule has 0 fully saturated rings. The topological polar surface area (TPSA) is 50.9 Å². The number of hydrazine groups is 1. The van der Waals surface area contributed by atoms with Crippen molar-refractivity contribution in [2.75, 3.05) is 0 Å². The van der Waals surface area contributed by atoms with Crippen LogP contribution in [-0.4, -0.2) is 4.98 Å². The predicted molar refractivity (Wildman–Crippen MR) is 63.1 cm³/mol. The molecule has 15 heavy (non-hydrogen) atoms. The molecule has 1 atom stereocenters. The van der Waals surface area contributed by atoms with E-state index >= 15 is 0 Å². The molecular formula is C12H19N3. The van der Waals surface area contributed by atoms with E-state index in [0.717, 1.165) is 30.4 Å². The minimum Gasteiger partial charge on any atom is -0.271 e. The summed E-state index contributed by atoms with van der Waals surface area (Å²) in [6, 6.07) is 2.31. The van der Waals surface area contributed by atoms with E-state index in [1.165, 1.54) is 0 Å². The number of hydrogen-bond donors (Lipinski definition) is 2. The number of nitrogens with zero attached hydrogens (tertiary/aromatic N) is 1. The largest absolute Gasteiger partial charge is 0.271 e. The summed E-state index contributed by atoms with van der Waals surface area (Å²) < 4.78 is 0. The number of hydrogen-bond acceptors (Lipinski definition) is 3. The van der Waals surface area contributed by atoms with Gasteiger partial charge in [-0.2, -0.15) is 0 Å². The Hall–Kier alpha value is -1.19. The SMILES string of the molecule is C=CCCCC(NN)c1cncc(C)c1. The molecule has 1 heterocycles. The number of nitrogens with two attached hydrogens (primary N) is 1. The highest BCUT2D eigenvalue weighted by Crippen LogP contribution is 2.18. The predicted octanol–water partition coefficient (Wildman–Crippen LogP) is 2.25. The van der Waals surface area contributed by atoms with Crippen molar-refractivity contribution in [2.45, 2.75) is 32.2 Å². The van der Waals surface area contributed by atoms with E-state index < -0.39 is 0 Å². The third kappa shape index (κ3) is 3.81. The van der Waals surface area contributed by atoms with Gasteiger partial charge in [0.15, 0.2) is 0 Å². The molecule has 0 aliphatic carbocycles. The summed E-state index contributed by atoms with van der Waals surface area (Å²) in [4.78, 5) is 4.17. The van der Waals surface area contributed by atoms with Crippen LogP contribution in [0.2, 0.25) is 0 Å². The molecule has 0 aliphatic rings. The van der Waals surface area contributed by atoms with Gasteiger partial charge in [0.1, 0.15) is 0 Å². The molecular weight excluding hydrogens is 186 g/mol. The first-order valence-corrected chi connectivity index (χ1v) is 5.26. The van der Waals surface area contributed by atoms with Crippen molar-refractivity contribution >= 4 is 0 Å². The number of aromatic nitrogens is 1. The van der Waals surface area contributed by atoms with E-state index in [-0.39, 0.29) is 6.04 Å². The fourth-order valence-corrected chi connectivity index (χ4v) is 1.58. The third-order valence-electron chi connectivity index (χ3n) is 2.40. The molecule has 0 saturated carbocycles. The van der Waals surface area contributed by atoms with Crippen LogP contribution >= 0.6 is 0 Å². The van der Waals surface area contributed by atoms with Gasteiger partial charge in [-0.25, -0.2) is 0 Å². The molecule has 3 heteroatoms. The molecule has 1 rings (SSSR count). The van der Waals surface area contributed by atoms with Crippen molar-refractivity contribution in [2.24, 2.45) is 5.84 Å². The quantitative estimate of drug-likeness (QED) is 0.324. The maximum absolute atomic E-state index is 5.53. The lowest BCUT2D eigenvalue weighted by atomic mass is 10.0. The second-order valence-electron chi connectivity index (χ2n) is 3.73. The smallest absolute Gasteiger partial charge is 0.0475 e. The van der Waals surface area contributed by atoms with Crippen molar-refractivity contribution in [3.8, 4) is 0 Å². The van der Waals surface area contributed by atoms with Gasteiger partial charge in [0.2, 0.25) is 0 Å². The molecule has 0 radical (unpaired) electrons. The lowest BCUT2D eigenvalue weighted by molar-refractivity contribution is 0.499. The van der Waals surface area contributed by atoms with Gasteiger partial charge in [0, 0.05) is 18.4 Å². The number of rotatable bonds is 6. The Morgan fingerprint density at radius 1 is 1.60 bits per heavy atom. The fraction of sp³-hybridized carbons (Fsp3) is 0.417. The van der Waals surface area contributed by atoms with Crippen LogP contribution in [0.1, 0.15) is 36.4 Å². The lowest BCUT2D eigenvalue weighted by Crippen LogP contribution is -2.28. The van der Waals surface area contributed by atoms with E-state index in [0.29, 0.717) is 0 Å². The van der Waals surface area contributed by atoms with E-state index in [2.05, 4.69) is 23.1 Å².